The van der Waals surface area contributed by atoms with Gasteiger partial charge in [-0.15, -0.1) is 0 Å². The van der Waals surface area contributed by atoms with Gasteiger partial charge in [-0.2, -0.15) is 18.3 Å². The Bertz CT molecular complexity index is 1390. The van der Waals surface area contributed by atoms with Crippen LogP contribution in [0.25, 0.3) is 5.69 Å². The van der Waals surface area contributed by atoms with Gasteiger partial charge < -0.3 is 30.3 Å². The molecule has 3 aromatic rings. The molecule has 2 saturated heterocycles. The van der Waals surface area contributed by atoms with Crippen LogP contribution in [0.5, 0.6) is 0 Å². The number of alkyl halides is 3. The summed E-state index contributed by atoms with van der Waals surface area (Å²) in [5.41, 5.74) is 3.26. The van der Waals surface area contributed by atoms with Crippen LogP contribution in [0.1, 0.15) is 29.8 Å². The Labute approximate surface area is 245 Å². The summed E-state index contributed by atoms with van der Waals surface area (Å²) in [6.45, 7) is 5.32. The molecule has 0 radical (unpaired) electrons. The molecule has 2 fully saturated rings. The number of nitrogens with one attached hydrogen (secondary N) is 2. The Morgan fingerprint density at radius 3 is 2.40 bits per heavy atom. The average Bonchev–Trinajstić information content (AvgIpc) is 3.66. The molecule has 230 valence electrons. The topological polar surface area (TPSA) is 142 Å². The summed E-state index contributed by atoms with van der Waals surface area (Å²) >= 11 is 0. The lowest BCUT2D eigenvalue weighted by Crippen LogP contribution is -2.36. The van der Waals surface area contributed by atoms with Crippen LogP contribution in [0.2, 0.25) is 0 Å². The molecule has 15 heteroatoms. The monoisotopic (exact) mass is 603 g/mol. The molecule has 4 heterocycles. The number of carbonyl (C=O) groups excluding carboxylic acids is 2. The first-order chi connectivity index (χ1) is 20.6. The van der Waals surface area contributed by atoms with Crippen molar-refractivity contribution in [1.82, 2.24) is 25.0 Å². The van der Waals surface area contributed by atoms with Gasteiger partial charge in [-0.1, -0.05) is 0 Å². The molecule has 43 heavy (non-hydrogen) atoms. The maximum Gasteiger partial charge on any atom is 0.490 e. The number of aromatic nitrogens is 3. The number of benzene rings is 1. The van der Waals surface area contributed by atoms with E-state index in [1.165, 1.54) is 5.69 Å². The molecule has 2 amide bonds. The first-order valence-electron chi connectivity index (χ1n) is 13.7. The normalized spacial score (nSPS) is 15.1. The van der Waals surface area contributed by atoms with Gasteiger partial charge in [-0.05, 0) is 49.2 Å². The molecule has 0 spiro atoms. The summed E-state index contributed by atoms with van der Waals surface area (Å²) in [6, 6.07) is 13.7. The van der Waals surface area contributed by atoms with Crippen LogP contribution >= 0.6 is 0 Å². The van der Waals surface area contributed by atoms with Gasteiger partial charge in [-0.3, -0.25) is 9.59 Å². The van der Waals surface area contributed by atoms with E-state index in [-0.39, 0.29) is 11.8 Å². The molecule has 3 N–H and O–H groups in total. The summed E-state index contributed by atoms with van der Waals surface area (Å²) < 4.78 is 38.8. The van der Waals surface area contributed by atoms with E-state index in [1.54, 1.807) is 23.1 Å². The Morgan fingerprint density at radius 2 is 1.74 bits per heavy atom. The number of hydrogen-bond donors (Lipinski definition) is 3. The van der Waals surface area contributed by atoms with Crippen LogP contribution in [0, 0.1) is 0 Å². The van der Waals surface area contributed by atoms with Gasteiger partial charge in [-0.25, -0.2) is 14.5 Å². The number of nitrogens with zero attached hydrogens (tertiary/aromatic N) is 5. The number of rotatable bonds is 9. The molecule has 12 nitrogen and oxygen atoms in total. The Morgan fingerprint density at radius 1 is 1.02 bits per heavy atom. The Kier molecular flexibility index (Phi) is 10.5. The maximum absolute atomic E-state index is 12.5. The molecule has 0 unspecified atom stereocenters. The second-order valence-electron chi connectivity index (χ2n) is 9.71. The van der Waals surface area contributed by atoms with Gasteiger partial charge in [0.25, 0.3) is 5.91 Å². The SMILES string of the molecule is O=C(NCCCN1CCCC1=O)c1ccn(-c2ccnc(Nc3ccc(N4CCOCC4)cc3)c2)n1.O=C(O)C(F)(F)F. The fourth-order valence-corrected chi connectivity index (χ4v) is 4.45. The van der Waals surface area contributed by atoms with Gasteiger partial charge in [0.15, 0.2) is 5.69 Å². The molecular formula is C28H32F3N7O5. The number of amides is 2. The molecule has 2 aromatic heterocycles. The van der Waals surface area contributed by atoms with Crippen molar-refractivity contribution in [3.05, 3.63) is 60.6 Å². The summed E-state index contributed by atoms with van der Waals surface area (Å²) in [4.78, 5) is 41.6. The highest BCUT2D eigenvalue weighted by Crippen LogP contribution is 2.22. The number of anilines is 3. The number of hydrogen-bond acceptors (Lipinski definition) is 8. The lowest BCUT2D eigenvalue weighted by molar-refractivity contribution is -0.192. The quantitative estimate of drug-likeness (QED) is 0.314. The first-order valence-corrected chi connectivity index (χ1v) is 13.7. The number of carboxylic acid groups (broad SMARTS) is 1. The van der Waals surface area contributed by atoms with Crippen molar-refractivity contribution >= 4 is 35.0 Å². The van der Waals surface area contributed by atoms with Crippen LogP contribution in [0.3, 0.4) is 0 Å². The summed E-state index contributed by atoms with van der Waals surface area (Å²) in [5, 5.41) is 17.8. The van der Waals surface area contributed by atoms with Crippen LogP contribution in [-0.2, 0) is 14.3 Å². The standard InChI is InChI=1S/C26H31N7O3.C2HF3O2/c34-25-3-1-12-32(25)13-2-10-28-26(35)23-9-14-33(30-23)22-8-11-27-24(19-22)29-20-4-6-21(7-5-20)31-15-17-36-18-16-31;3-2(4,5)1(6)7/h4-9,11,14,19H,1-3,10,12-13,15-18H2,(H,27,29)(H,28,35);(H,6,7). The lowest BCUT2D eigenvalue weighted by atomic mass is 10.2. The van der Waals surface area contributed by atoms with Crippen LogP contribution in [0.15, 0.2) is 54.9 Å². The number of pyridine rings is 1. The summed E-state index contributed by atoms with van der Waals surface area (Å²) in [5.74, 6) is -2.09. The fraction of sp³-hybridized carbons (Fsp3) is 0.393. The first kappa shape index (κ1) is 31.3. The van der Waals surface area contributed by atoms with Gasteiger partial charge >= 0.3 is 12.1 Å². The third kappa shape index (κ3) is 9.16. The third-order valence-corrected chi connectivity index (χ3v) is 6.65. The van der Waals surface area contributed by atoms with Gasteiger partial charge in [0.05, 0.1) is 18.9 Å². The Balaban J connectivity index is 0.000000541. The Hall–Kier alpha value is -4.66. The molecule has 0 aliphatic carbocycles. The van der Waals surface area contributed by atoms with E-state index in [0.29, 0.717) is 31.0 Å². The molecule has 0 saturated carbocycles. The average molecular weight is 604 g/mol. The van der Waals surface area contributed by atoms with Crippen molar-refractivity contribution in [2.24, 2.45) is 0 Å². The van der Waals surface area contributed by atoms with E-state index in [2.05, 4.69) is 37.7 Å². The van der Waals surface area contributed by atoms with E-state index >= 15 is 0 Å². The van der Waals surface area contributed by atoms with Gasteiger partial charge in [0.2, 0.25) is 5.91 Å². The predicted molar refractivity (Wildman–Crippen MR) is 151 cm³/mol. The van der Waals surface area contributed by atoms with Crippen molar-refractivity contribution in [1.29, 1.82) is 0 Å². The number of carbonyl (C=O) groups is 3. The zero-order valence-electron chi connectivity index (χ0n) is 23.2. The highest BCUT2D eigenvalue weighted by Gasteiger charge is 2.38. The van der Waals surface area contributed by atoms with E-state index in [4.69, 9.17) is 14.6 Å². The van der Waals surface area contributed by atoms with Crippen LogP contribution in [0.4, 0.5) is 30.4 Å². The predicted octanol–water partition coefficient (Wildman–Crippen LogP) is 3.22. The highest BCUT2D eigenvalue weighted by molar-refractivity contribution is 5.92. The van der Waals surface area contributed by atoms with Gasteiger partial charge in [0, 0.05) is 69.0 Å². The minimum Gasteiger partial charge on any atom is -0.475 e. The molecule has 0 bridgehead atoms. The number of aliphatic carboxylic acids is 1. The van der Waals surface area contributed by atoms with Crippen molar-refractivity contribution in [3.63, 3.8) is 0 Å². The van der Waals surface area contributed by atoms with Crippen LogP contribution in [-0.4, -0.2) is 94.7 Å². The minimum absolute atomic E-state index is 0.205. The smallest absolute Gasteiger partial charge is 0.475 e. The fourth-order valence-electron chi connectivity index (χ4n) is 4.45. The van der Waals surface area contributed by atoms with Gasteiger partial charge in [0.1, 0.15) is 5.82 Å². The second-order valence-corrected chi connectivity index (χ2v) is 9.71. The maximum atomic E-state index is 12.5. The molecular weight excluding hydrogens is 571 g/mol. The minimum atomic E-state index is -5.08. The van der Waals surface area contributed by atoms with Crippen LogP contribution < -0.4 is 15.5 Å². The number of morpholine rings is 1. The molecule has 2 aliphatic heterocycles. The zero-order chi connectivity index (χ0) is 30.8. The number of halogens is 3. The third-order valence-electron chi connectivity index (χ3n) is 6.65. The van der Waals surface area contributed by atoms with Crippen molar-refractivity contribution in [2.75, 3.05) is 56.2 Å². The van der Waals surface area contributed by atoms with E-state index in [1.807, 2.05) is 29.2 Å². The molecule has 2 aliphatic rings. The molecule has 1 aromatic carbocycles. The number of likely N-dealkylation sites (tertiary alicyclic amines) is 1. The number of ether oxygens (including phenoxy) is 1. The summed E-state index contributed by atoms with van der Waals surface area (Å²) in [6.07, 6.45) is 0.674. The van der Waals surface area contributed by atoms with E-state index < -0.39 is 12.1 Å². The van der Waals surface area contributed by atoms with Crippen molar-refractivity contribution in [3.8, 4) is 5.69 Å². The lowest BCUT2D eigenvalue weighted by Gasteiger charge is -2.28. The molecule has 5 rings (SSSR count). The number of carboxylic acids is 1. The van der Waals surface area contributed by atoms with Crippen molar-refractivity contribution < 1.29 is 37.4 Å². The molecule has 0 atom stereocenters. The second kappa shape index (κ2) is 14.5. The van der Waals surface area contributed by atoms with E-state index in [0.717, 1.165) is 57.1 Å². The highest BCUT2D eigenvalue weighted by atomic mass is 19.4. The summed E-state index contributed by atoms with van der Waals surface area (Å²) in [7, 11) is 0. The largest absolute Gasteiger partial charge is 0.490 e. The zero-order valence-corrected chi connectivity index (χ0v) is 23.2. The van der Waals surface area contributed by atoms with Crippen molar-refractivity contribution in [2.45, 2.75) is 25.4 Å². The van der Waals surface area contributed by atoms with E-state index in [9.17, 15) is 22.8 Å².